The summed E-state index contributed by atoms with van der Waals surface area (Å²) >= 11 is 3.52. The molecule has 1 amide bonds. The van der Waals surface area contributed by atoms with Crippen LogP contribution in [0.25, 0.3) is 10.8 Å². The number of benzene rings is 4. The van der Waals surface area contributed by atoms with E-state index in [9.17, 15) is 9.18 Å². The zero-order valence-corrected chi connectivity index (χ0v) is 20.0. The Balaban J connectivity index is 1.46. The maximum absolute atomic E-state index is 13.1. The molecule has 0 aliphatic heterocycles. The minimum atomic E-state index is -0.301. The quantitative estimate of drug-likeness (QED) is 0.213. The number of carbonyl (C=O) groups is 1. The van der Waals surface area contributed by atoms with Crippen molar-refractivity contribution in [2.45, 2.75) is 13.5 Å². The number of hydrogen-bond donors (Lipinski definition) is 1. The van der Waals surface area contributed by atoms with Gasteiger partial charge < -0.3 is 9.47 Å². The van der Waals surface area contributed by atoms with Crippen molar-refractivity contribution in [3.63, 3.8) is 0 Å². The van der Waals surface area contributed by atoms with E-state index in [2.05, 4.69) is 26.5 Å². The number of carbonyl (C=O) groups excluding carboxylic acids is 1. The average Bonchev–Trinajstić information content (AvgIpc) is 2.84. The average molecular weight is 521 g/mol. The molecule has 0 heterocycles. The van der Waals surface area contributed by atoms with E-state index in [-0.39, 0.29) is 18.3 Å². The highest BCUT2D eigenvalue weighted by molar-refractivity contribution is 9.10. The van der Waals surface area contributed by atoms with Crippen LogP contribution >= 0.6 is 15.9 Å². The predicted octanol–water partition coefficient (Wildman–Crippen LogP) is 6.48. The molecule has 0 atom stereocenters. The van der Waals surface area contributed by atoms with Gasteiger partial charge in [0.25, 0.3) is 5.91 Å². The van der Waals surface area contributed by atoms with Crippen molar-refractivity contribution in [3.05, 3.63) is 106 Å². The first-order chi connectivity index (χ1) is 16.5. The van der Waals surface area contributed by atoms with Gasteiger partial charge in [-0.15, -0.1) is 0 Å². The van der Waals surface area contributed by atoms with Gasteiger partial charge in [-0.2, -0.15) is 5.10 Å². The third kappa shape index (κ3) is 5.80. The van der Waals surface area contributed by atoms with Gasteiger partial charge in [0.15, 0.2) is 11.5 Å². The fraction of sp³-hybridized carbons (Fsp3) is 0.111. The van der Waals surface area contributed by atoms with Crippen LogP contribution in [0.1, 0.15) is 28.4 Å². The first kappa shape index (κ1) is 23.4. The van der Waals surface area contributed by atoms with E-state index in [1.54, 1.807) is 24.3 Å². The van der Waals surface area contributed by atoms with Crippen LogP contribution in [0.3, 0.4) is 0 Å². The zero-order valence-electron chi connectivity index (χ0n) is 18.4. The molecule has 34 heavy (non-hydrogen) atoms. The lowest BCUT2D eigenvalue weighted by Gasteiger charge is -2.14. The Morgan fingerprint density at radius 3 is 2.53 bits per heavy atom. The largest absolute Gasteiger partial charge is 0.490 e. The summed E-state index contributed by atoms with van der Waals surface area (Å²) in [5.74, 6) is 0.464. The monoisotopic (exact) mass is 520 g/mol. The molecule has 172 valence electrons. The van der Waals surface area contributed by atoms with Gasteiger partial charge in [0.1, 0.15) is 12.4 Å². The van der Waals surface area contributed by atoms with Crippen LogP contribution in [0.5, 0.6) is 11.5 Å². The number of hydrogen-bond acceptors (Lipinski definition) is 4. The van der Waals surface area contributed by atoms with Crippen molar-refractivity contribution >= 4 is 38.8 Å². The van der Waals surface area contributed by atoms with Crippen LogP contribution in [0.15, 0.2) is 88.4 Å². The lowest BCUT2D eigenvalue weighted by Crippen LogP contribution is -2.17. The first-order valence-electron chi connectivity index (χ1n) is 10.7. The van der Waals surface area contributed by atoms with Crippen LogP contribution in [0.2, 0.25) is 0 Å². The molecule has 0 bridgehead atoms. The Kier molecular flexibility index (Phi) is 7.54. The standard InChI is InChI=1S/C27H22BrFN2O3/c1-2-33-25-14-19(13-24(28)26(25)34-17-18-7-11-23(29)12-8-18)16-30-31-27(32)22-10-9-20-5-3-4-6-21(20)15-22/h3-16H,2,17H2,1H3,(H,31,32)/b30-16-. The first-order valence-corrected chi connectivity index (χ1v) is 11.5. The summed E-state index contributed by atoms with van der Waals surface area (Å²) in [5.41, 5.74) is 4.63. The summed E-state index contributed by atoms with van der Waals surface area (Å²) in [6.45, 7) is 2.58. The van der Waals surface area contributed by atoms with Crippen molar-refractivity contribution in [2.24, 2.45) is 5.10 Å². The molecule has 0 saturated carbocycles. The van der Waals surface area contributed by atoms with Crippen LogP contribution in [0.4, 0.5) is 4.39 Å². The van der Waals surface area contributed by atoms with E-state index in [1.165, 1.54) is 18.3 Å². The summed E-state index contributed by atoms with van der Waals surface area (Å²) in [6, 6.07) is 23.1. The Hall–Kier alpha value is -3.71. The molecular weight excluding hydrogens is 499 g/mol. The Morgan fingerprint density at radius 1 is 1.00 bits per heavy atom. The molecule has 0 saturated heterocycles. The van der Waals surface area contributed by atoms with Gasteiger partial charge in [-0.25, -0.2) is 9.82 Å². The third-order valence-corrected chi connectivity index (χ3v) is 5.61. The lowest BCUT2D eigenvalue weighted by atomic mass is 10.1. The smallest absolute Gasteiger partial charge is 0.271 e. The SMILES string of the molecule is CCOc1cc(/C=N\NC(=O)c2ccc3ccccc3c2)cc(Br)c1OCc1ccc(F)cc1. The van der Waals surface area contributed by atoms with Gasteiger partial charge in [0, 0.05) is 5.56 Å². The topological polar surface area (TPSA) is 59.9 Å². The molecule has 0 fully saturated rings. The second-order valence-electron chi connectivity index (χ2n) is 7.44. The van der Waals surface area contributed by atoms with Gasteiger partial charge in [0.05, 0.1) is 17.3 Å². The second kappa shape index (κ2) is 10.9. The van der Waals surface area contributed by atoms with Gasteiger partial charge >= 0.3 is 0 Å². The van der Waals surface area contributed by atoms with Gasteiger partial charge in [-0.3, -0.25) is 4.79 Å². The van der Waals surface area contributed by atoms with Crippen molar-refractivity contribution in [1.82, 2.24) is 5.43 Å². The highest BCUT2D eigenvalue weighted by atomic mass is 79.9. The second-order valence-corrected chi connectivity index (χ2v) is 8.29. The molecule has 4 rings (SSSR count). The van der Waals surface area contributed by atoms with E-state index in [1.807, 2.05) is 49.4 Å². The van der Waals surface area contributed by atoms with Crippen LogP contribution in [0, 0.1) is 5.82 Å². The molecule has 4 aromatic carbocycles. The Bertz CT molecular complexity index is 1340. The highest BCUT2D eigenvalue weighted by Crippen LogP contribution is 2.37. The molecule has 0 aromatic heterocycles. The fourth-order valence-electron chi connectivity index (χ4n) is 3.36. The summed E-state index contributed by atoms with van der Waals surface area (Å²) in [5, 5.41) is 6.15. The van der Waals surface area contributed by atoms with Crippen molar-refractivity contribution < 1.29 is 18.7 Å². The Labute approximate surface area is 205 Å². The minimum absolute atomic E-state index is 0.258. The van der Waals surface area contributed by atoms with Crippen LogP contribution < -0.4 is 14.9 Å². The summed E-state index contributed by atoms with van der Waals surface area (Å²) in [6.07, 6.45) is 1.54. The maximum atomic E-state index is 13.1. The van der Waals surface area contributed by atoms with Crippen LogP contribution in [-0.4, -0.2) is 18.7 Å². The van der Waals surface area contributed by atoms with Gasteiger partial charge in [-0.1, -0.05) is 42.5 Å². The number of halogens is 2. The van der Waals surface area contributed by atoms with Gasteiger partial charge in [-0.05, 0) is 81.2 Å². The third-order valence-electron chi connectivity index (χ3n) is 5.02. The molecule has 7 heteroatoms. The van der Waals surface area contributed by atoms with Crippen molar-refractivity contribution in [2.75, 3.05) is 6.61 Å². The van der Waals surface area contributed by atoms with Crippen molar-refractivity contribution in [1.29, 1.82) is 0 Å². The number of ether oxygens (including phenoxy) is 2. The highest BCUT2D eigenvalue weighted by Gasteiger charge is 2.13. The molecule has 0 spiro atoms. The van der Waals surface area contributed by atoms with E-state index >= 15 is 0 Å². The molecular formula is C27H22BrFN2O3. The number of hydrazone groups is 1. The molecule has 4 aromatic rings. The van der Waals surface area contributed by atoms with E-state index in [0.717, 1.165) is 16.3 Å². The van der Waals surface area contributed by atoms with E-state index in [4.69, 9.17) is 9.47 Å². The number of rotatable bonds is 8. The number of amides is 1. The molecule has 1 N–H and O–H groups in total. The molecule has 5 nitrogen and oxygen atoms in total. The van der Waals surface area contributed by atoms with Crippen LogP contribution in [-0.2, 0) is 6.61 Å². The van der Waals surface area contributed by atoms with E-state index in [0.29, 0.717) is 33.7 Å². The maximum Gasteiger partial charge on any atom is 0.271 e. The molecule has 0 radical (unpaired) electrons. The summed E-state index contributed by atoms with van der Waals surface area (Å²) in [4.78, 5) is 12.5. The summed E-state index contributed by atoms with van der Waals surface area (Å²) in [7, 11) is 0. The summed E-state index contributed by atoms with van der Waals surface area (Å²) < 4.78 is 25.5. The predicted molar refractivity (Wildman–Crippen MR) is 135 cm³/mol. The Morgan fingerprint density at radius 2 is 1.76 bits per heavy atom. The zero-order chi connectivity index (χ0) is 23.9. The molecule has 0 aliphatic rings. The number of fused-ring (bicyclic) bond motifs is 1. The van der Waals surface area contributed by atoms with E-state index < -0.39 is 0 Å². The number of nitrogens with one attached hydrogen (secondary N) is 1. The minimum Gasteiger partial charge on any atom is -0.490 e. The molecule has 0 unspecified atom stereocenters. The molecule has 0 aliphatic carbocycles. The van der Waals surface area contributed by atoms with Crippen molar-refractivity contribution in [3.8, 4) is 11.5 Å². The lowest BCUT2D eigenvalue weighted by molar-refractivity contribution is 0.0955. The number of nitrogens with zero attached hydrogens (tertiary/aromatic N) is 1. The fourth-order valence-corrected chi connectivity index (χ4v) is 3.94. The van der Waals surface area contributed by atoms with Gasteiger partial charge in [0.2, 0.25) is 0 Å². The normalized spacial score (nSPS) is 11.0.